The van der Waals surface area contributed by atoms with Gasteiger partial charge in [-0.3, -0.25) is 0 Å². The van der Waals surface area contributed by atoms with Gasteiger partial charge < -0.3 is 10.2 Å². The Morgan fingerprint density at radius 1 is 1.60 bits per heavy atom. The number of hydrogen-bond acceptors (Lipinski definition) is 3. The lowest BCUT2D eigenvalue weighted by atomic mass is 10.1. The van der Waals surface area contributed by atoms with Gasteiger partial charge in [-0.15, -0.1) is 0 Å². The second-order valence-corrected chi connectivity index (χ2v) is 5.45. The van der Waals surface area contributed by atoms with Crippen LogP contribution in [0.1, 0.15) is 31.9 Å². The van der Waals surface area contributed by atoms with E-state index in [4.69, 9.17) is 0 Å². The van der Waals surface area contributed by atoms with E-state index in [2.05, 4.69) is 47.9 Å². The second-order valence-electron chi connectivity index (χ2n) is 4.67. The van der Waals surface area contributed by atoms with Crippen molar-refractivity contribution in [1.82, 2.24) is 10.2 Å². The molecule has 1 saturated heterocycles. The van der Waals surface area contributed by atoms with Crippen LogP contribution in [0.4, 0.5) is 0 Å². The second kappa shape index (κ2) is 4.64. The zero-order valence-electron chi connectivity index (χ0n) is 9.73. The minimum Gasteiger partial charge on any atom is -0.306 e. The minimum atomic E-state index is 0.486. The van der Waals surface area contributed by atoms with Crippen molar-refractivity contribution in [3.05, 3.63) is 22.4 Å². The molecule has 0 spiro atoms. The van der Waals surface area contributed by atoms with Gasteiger partial charge in [0.05, 0.1) is 0 Å². The molecule has 2 rings (SSSR count). The van der Waals surface area contributed by atoms with Crippen LogP contribution in [0.15, 0.2) is 16.8 Å². The summed E-state index contributed by atoms with van der Waals surface area (Å²) in [6.07, 6.45) is 1.27. The van der Waals surface area contributed by atoms with Gasteiger partial charge in [-0.05, 0) is 49.7 Å². The molecule has 1 aromatic rings. The molecule has 0 aromatic carbocycles. The van der Waals surface area contributed by atoms with Crippen LogP contribution >= 0.6 is 11.3 Å². The van der Waals surface area contributed by atoms with Gasteiger partial charge in [-0.2, -0.15) is 11.3 Å². The van der Waals surface area contributed by atoms with Crippen LogP contribution in [-0.4, -0.2) is 30.6 Å². The van der Waals surface area contributed by atoms with Crippen molar-refractivity contribution in [2.24, 2.45) is 0 Å². The van der Waals surface area contributed by atoms with Crippen LogP contribution in [0.3, 0.4) is 0 Å². The van der Waals surface area contributed by atoms with Gasteiger partial charge in [0.25, 0.3) is 0 Å². The van der Waals surface area contributed by atoms with Gasteiger partial charge in [0.1, 0.15) is 0 Å². The molecule has 84 valence electrons. The molecular weight excluding hydrogens is 204 g/mol. The Morgan fingerprint density at radius 3 is 2.93 bits per heavy atom. The number of nitrogens with zero attached hydrogens (tertiary/aromatic N) is 1. The Morgan fingerprint density at radius 2 is 2.40 bits per heavy atom. The van der Waals surface area contributed by atoms with Crippen LogP contribution < -0.4 is 5.32 Å². The quantitative estimate of drug-likeness (QED) is 0.848. The molecule has 1 aromatic heterocycles. The van der Waals surface area contributed by atoms with E-state index in [9.17, 15) is 0 Å². The zero-order valence-corrected chi connectivity index (χ0v) is 10.6. The largest absolute Gasteiger partial charge is 0.306 e. The summed E-state index contributed by atoms with van der Waals surface area (Å²) in [6, 6.07) is 4.07. The van der Waals surface area contributed by atoms with Crippen molar-refractivity contribution >= 4 is 11.3 Å². The number of rotatable bonds is 3. The van der Waals surface area contributed by atoms with Gasteiger partial charge in [0.2, 0.25) is 0 Å². The standard InChI is InChI=1S/C12H20N2S/c1-9-6-12(7-14(9)3)13-10(2)11-4-5-15-8-11/h4-5,8-10,12-13H,6-7H2,1-3H3. The molecule has 1 aliphatic rings. The van der Waals surface area contributed by atoms with Crippen molar-refractivity contribution in [2.75, 3.05) is 13.6 Å². The molecule has 15 heavy (non-hydrogen) atoms. The maximum absolute atomic E-state index is 3.71. The average molecular weight is 224 g/mol. The van der Waals surface area contributed by atoms with E-state index >= 15 is 0 Å². The molecule has 1 fully saturated rings. The Hall–Kier alpha value is -0.380. The highest BCUT2D eigenvalue weighted by molar-refractivity contribution is 7.07. The van der Waals surface area contributed by atoms with Crippen LogP contribution in [-0.2, 0) is 0 Å². The van der Waals surface area contributed by atoms with Gasteiger partial charge in [0.15, 0.2) is 0 Å². The van der Waals surface area contributed by atoms with Crippen molar-refractivity contribution in [2.45, 2.75) is 38.4 Å². The van der Waals surface area contributed by atoms with E-state index in [-0.39, 0.29) is 0 Å². The van der Waals surface area contributed by atoms with E-state index in [1.165, 1.54) is 18.5 Å². The lowest BCUT2D eigenvalue weighted by molar-refractivity contribution is 0.325. The fourth-order valence-electron chi connectivity index (χ4n) is 2.29. The topological polar surface area (TPSA) is 15.3 Å². The van der Waals surface area contributed by atoms with Crippen LogP contribution in [0.25, 0.3) is 0 Å². The fraction of sp³-hybridized carbons (Fsp3) is 0.667. The van der Waals surface area contributed by atoms with Crippen LogP contribution in [0.2, 0.25) is 0 Å². The van der Waals surface area contributed by atoms with Crippen molar-refractivity contribution in [3.8, 4) is 0 Å². The third kappa shape index (κ3) is 2.60. The van der Waals surface area contributed by atoms with E-state index in [1.807, 2.05) is 0 Å². The summed E-state index contributed by atoms with van der Waals surface area (Å²) in [6.45, 7) is 5.73. The van der Waals surface area contributed by atoms with E-state index in [1.54, 1.807) is 11.3 Å². The number of nitrogens with one attached hydrogen (secondary N) is 1. The monoisotopic (exact) mass is 224 g/mol. The summed E-state index contributed by atoms with van der Waals surface area (Å²) >= 11 is 1.78. The summed E-state index contributed by atoms with van der Waals surface area (Å²) < 4.78 is 0. The first-order valence-electron chi connectivity index (χ1n) is 5.65. The maximum Gasteiger partial charge on any atom is 0.0303 e. The molecule has 2 heterocycles. The van der Waals surface area contributed by atoms with Crippen LogP contribution in [0.5, 0.6) is 0 Å². The predicted molar refractivity (Wildman–Crippen MR) is 66.4 cm³/mol. The molecule has 3 unspecified atom stereocenters. The molecule has 0 radical (unpaired) electrons. The smallest absolute Gasteiger partial charge is 0.0303 e. The number of likely N-dealkylation sites (tertiary alicyclic amines) is 1. The molecule has 3 heteroatoms. The summed E-state index contributed by atoms with van der Waals surface area (Å²) in [7, 11) is 2.21. The molecule has 1 N–H and O–H groups in total. The van der Waals surface area contributed by atoms with Crippen LogP contribution in [0, 0.1) is 0 Å². The van der Waals surface area contributed by atoms with E-state index in [0.717, 1.165) is 6.04 Å². The van der Waals surface area contributed by atoms with Gasteiger partial charge in [0, 0.05) is 24.7 Å². The lowest BCUT2D eigenvalue weighted by Crippen LogP contribution is -2.33. The first-order valence-corrected chi connectivity index (χ1v) is 6.59. The van der Waals surface area contributed by atoms with Gasteiger partial charge in [-0.25, -0.2) is 0 Å². The third-order valence-electron chi connectivity index (χ3n) is 3.42. The summed E-state index contributed by atoms with van der Waals surface area (Å²) in [5, 5.41) is 8.09. The highest BCUT2D eigenvalue weighted by atomic mass is 32.1. The summed E-state index contributed by atoms with van der Waals surface area (Å²) in [5.74, 6) is 0. The summed E-state index contributed by atoms with van der Waals surface area (Å²) in [5.41, 5.74) is 1.42. The molecule has 0 saturated carbocycles. The first-order chi connectivity index (χ1) is 7.16. The molecule has 3 atom stereocenters. The van der Waals surface area contributed by atoms with E-state index < -0.39 is 0 Å². The Balaban J connectivity index is 1.88. The SMILES string of the molecule is CC(NC1CC(C)N(C)C1)c1ccsc1. The lowest BCUT2D eigenvalue weighted by Gasteiger charge is -2.18. The number of thiophene rings is 1. The average Bonchev–Trinajstić information content (AvgIpc) is 2.77. The van der Waals surface area contributed by atoms with Crippen molar-refractivity contribution < 1.29 is 0 Å². The van der Waals surface area contributed by atoms with Crippen molar-refractivity contribution in [3.63, 3.8) is 0 Å². The zero-order chi connectivity index (χ0) is 10.8. The Kier molecular flexibility index (Phi) is 3.44. The Labute approximate surface area is 96.3 Å². The molecule has 0 amide bonds. The van der Waals surface area contributed by atoms with Crippen molar-refractivity contribution in [1.29, 1.82) is 0 Å². The molecule has 2 nitrogen and oxygen atoms in total. The Bertz CT molecular complexity index is 287. The molecule has 0 aliphatic carbocycles. The van der Waals surface area contributed by atoms with Gasteiger partial charge >= 0.3 is 0 Å². The first kappa shape index (κ1) is 11.1. The highest BCUT2D eigenvalue weighted by Crippen LogP contribution is 2.20. The summed E-state index contributed by atoms with van der Waals surface area (Å²) in [4.78, 5) is 2.43. The molecular formula is C12H20N2S. The molecule has 1 aliphatic heterocycles. The third-order valence-corrected chi connectivity index (χ3v) is 4.12. The number of likely N-dealkylation sites (N-methyl/N-ethyl adjacent to an activating group) is 1. The maximum atomic E-state index is 3.71. The highest BCUT2D eigenvalue weighted by Gasteiger charge is 2.26. The van der Waals surface area contributed by atoms with E-state index in [0.29, 0.717) is 12.1 Å². The predicted octanol–water partition coefficient (Wildman–Crippen LogP) is 2.49. The van der Waals surface area contributed by atoms with Gasteiger partial charge in [-0.1, -0.05) is 0 Å². The minimum absolute atomic E-state index is 0.486. The number of hydrogen-bond donors (Lipinski definition) is 1. The molecule has 0 bridgehead atoms. The normalized spacial score (nSPS) is 29.5. The fourth-order valence-corrected chi connectivity index (χ4v) is 3.04.